The molecule has 0 bridgehead atoms. The van der Waals surface area contributed by atoms with Crippen molar-refractivity contribution in [2.24, 2.45) is 0 Å². The van der Waals surface area contributed by atoms with Crippen LogP contribution in [0.3, 0.4) is 0 Å². The van der Waals surface area contributed by atoms with Gasteiger partial charge in [-0.1, -0.05) is 6.07 Å². The lowest BCUT2D eigenvalue weighted by molar-refractivity contribution is -0.137. The molecule has 6 heteroatoms. The van der Waals surface area contributed by atoms with Crippen LogP contribution in [0.4, 0.5) is 13.2 Å². The highest BCUT2D eigenvalue weighted by molar-refractivity contribution is 7.09. The fraction of sp³-hybridized carbons (Fsp3) is 0.357. The van der Waals surface area contributed by atoms with Gasteiger partial charge in [-0.3, -0.25) is 0 Å². The van der Waals surface area contributed by atoms with Crippen LogP contribution in [0.5, 0.6) is 0 Å². The normalized spacial score (nSPS) is 13.5. The smallest absolute Gasteiger partial charge is 0.388 e. The van der Waals surface area contributed by atoms with Crippen molar-refractivity contribution < 1.29 is 18.3 Å². The predicted molar refractivity (Wildman–Crippen MR) is 71.7 cm³/mol. The minimum atomic E-state index is -4.36. The summed E-state index contributed by atoms with van der Waals surface area (Å²) in [5.41, 5.74) is 0.984. The molecule has 108 valence electrons. The molecule has 1 aromatic carbocycles. The van der Waals surface area contributed by atoms with Crippen molar-refractivity contribution in [3.63, 3.8) is 0 Å². The summed E-state index contributed by atoms with van der Waals surface area (Å²) in [7, 11) is 0. The van der Waals surface area contributed by atoms with Crippen LogP contribution in [0.25, 0.3) is 0 Å². The Morgan fingerprint density at radius 2 is 2.00 bits per heavy atom. The quantitative estimate of drug-likeness (QED) is 0.927. The van der Waals surface area contributed by atoms with E-state index < -0.39 is 17.8 Å². The molecule has 0 aliphatic heterocycles. The Kier molecular flexibility index (Phi) is 4.15. The summed E-state index contributed by atoms with van der Waals surface area (Å²) >= 11 is 1.48. The monoisotopic (exact) mass is 301 g/mol. The summed E-state index contributed by atoms with van der Waals surface area (Å²) in [5, 5.41) is 12.9. The van der Waals surface area contributed by atoms with E-state index in [1.165, 1.54) is 17.4 Å². The number of hydrogen-bond acceptors (Lipinski definition) is 3. The fourth-order valence-corrected chi connectivity index (χ4v) is 2.66. The first-order valence-electron chi connectivity index (χ1n) is 6.04. The van der Waals surface area contributed by atoms with Gasteiger partial charge < -0.3 is 5.11 Å². The van der Waals surface area contributed by atoms with Crippen LogP contribution in [-0.4, -0.2) is 10.1 Å². The summed E-state index contributed by atoms with van der Waals surface area (Å²) in [6.45, 7) is 3.43. The number of halogens is 3. The Labute approximate surface area is 118 Å². The molecule has 1 N–H and O–H groups in total. The standard InChI is InChI=1S/C14H14F3NOS/c1-8-5-10(14(15,16)17)3-4-12(8)13(19)6-11-7-20-9(2)18-11/h3-5,7,13,19H,6H2,1-2H3. The van der Waals surface area contributed by atoms with Crippen molar-refractivity contribution in [2.75, 3.05) is 0 Å². The van der Waals surface area contributed by atoms with Crippen LogP contribution in [-0.2, 0) is 12.6 Å². The number of aromatic nitrogens is 1. The minimum absolute atomic E-state index is 0.302. The Hall–Kier alpha value is -1.40. The first-order valence-corrected chi connectivity index (χ1v) is 6.92. The second-order valence-corrected chi connectivity index (χ2v) is 5.71. The van der Waals surface area contributed by atoms with E-state index in [4.69, 9.17) is 0 Å². The topological polar surface area (TPSA) is 33.1 Å². The molecule has 0 saturated heterocycles. The third-order valence-electron chi connectivity index (χ3n) is 3.03. The number of aryl methyl sites for hydroxylation is 2. The van der Waals surface area contributed by atoms with Crippen LogP contribution < -0.4 is 0 Å². The molecule has 2 nitrogen and oxygen atoms in total. The molecular formula is C14H14F3NOS. The van der Waals surface area contributed by atoms with Crippen molar-refractivity contribution >= 4 is 11.3 Å². The van der Waals surface area contributed by atoms with Crippen molar-refractivity contribution in [3.05, 3.63) is 51.0 Å². The second kappa shape index (κ2) is 5.54. The number of aliphatic hydroxyl groups is 1. The summed E-state index contributed by atoms with van der Waals surface area (Å²) in [6, 6.07) is 3.39. The number of alkyl halides is 3. The molecule has 20 heavy (non-hydrogen) atoms. The van der Waals surface area contributed by atoms with Crippen molar-refractivity contribution in [3.8, 4) is 0 Å². The van der Waals surface area contributed by atoms with Crippen molar-refractivity contribution in [1.82, 2.24) is 4.98 Å². The molecule has 2 aromatic rings. The molecule has 2 rings (SSSR count). The molecule has 1 unspecified atom stereocenters. The van der Waals surface area contributed by atoms with E-state index in [1.807, 2.05) is 12.3 Å². The zero-order valence-electron chi connectivity index (χ0n) is 11.0. The molecule has 0 spiro atoms. The molecule has 1 heterocycles. The zero-order valence-corrected chi connectivity index (χ0v) is 11.8. The molecule has 0 amide bonds. The molecule has 0 aliphatic rings. The second-order valence-electron chi connectivity index (χ2n) is 4.65. The molecule has 1 aromatic heterocycles. The highest BCUT2D eigenvalue weighted by atomic mass is 32.1. The molecule has 0 fully saturated rings. The predicted octanol–water partition coefficient (Wildman–Crippen LogP) is 4.05. The summed E-state index contributed by atoms with van der Waals surface area (Å²) in [5.74, 6) is 0. The summed E-state index contributed by atoms with van der Waals surface area (Å²) in [4.78, 5) is 4.24. The van der Waals surface area contributed by atoms with E-state index in [1.54, 1.807) is 6.92 Å². The molecule has 0 aliphatic carbocycles. The highest BCUT2D eigenvalue weighted by Crippen LogP contribution is 2.32. The van der Waals surface area contributed by atoms with E-state index in [9.17, 15) is 18.3 Å². The number of nitrogens with zero attached hydrogens (tertiary/aromatic N) is 1. The van der Waals surface area contributed by atoms with Gasteiger partial charge in [0, 0.05) is 11.8 Å². The Morgan fingerprint density at radius 3 is 2.50 bits per heavy atom. The number of benzene rings is 1. The minimum Gasteiger partial charge on any atom is -0.388 e. The van der Waals surface area contributed by atoms with Crippen molar-refractivity contribution in [2.45, 2.75) is 32.5 Å². The van der Waals surface area contributed by atoms with Gasteiger partial charge in [-0.15, -0.1) is 11.3 Å². The Balaban J connectivity index is 2.20. The van der Waals surface area contributed by atoms with E-state index >= 15 is 0 Å². The molecule has 0 saturated carbocycles. The van der Waals surface area contributed by atoms with Gasteiger partial charge in [-0.2, -0.15) is 13.2 Å². The zero-order chi connectivity index (χ0) is 14.9. The van der Waals surface area contributed by atoms with Crippen LogP contribution in [0.15, 0.2) is 23.6 Å². The highest BCUT2D eigenvalue weighted by Gasteiger charge is 2.31. The SMILES string of the molecule is Cc1nc(CC(O)c2ccc(C(F)(F)F)cc2C)cs1. The average molecular weight is 301 g/mol. The van der Waals surface area contributed by atoms with Gasteiger partial charge in [0.25, 0.3) is 0 Å². The average Bonchev–Trinajstić information content (AvgIpc) is 2.73. The third kappa shape index (κ3) is 3.37. The van der Waals surface area contributed by atoms with Gasteiger partial charge in [-0.25, -0.2) is 4.98 Å². The van der Waals surface area contributed by atoms with Crippen LogP contribution in [0.2, 0.25) is 0 Å². The first kappa shape index (κ1) is 15.0. The van der Waals surface area contributed by atoms with Gasteiger partial charge in [0.05, 0.1) is 22.4 Å². The van der Waals surface area contributed by atoms with Gasteiger partial charge in [-0.05, 0) is 37.1 Å². The summed E-state index contributed by atoms with van der Waals surface area (Å²) in [6.07, 6.45) is -4.91. The third-order valence-corrected chi connectivity index (χ3v) is 3.85. The van der Waals surface area contributed by atoms with Gasteiger partial charge in [0.15, 0.2) is 0 Å². The van der Waals surface area contributed by atoms with Gasteiger partial charge >= 0.3 is 6.18 Å². The van der Waals surface area contributed by atoms with Crippen LogP contribution in [0, 0.1) is 13.8 Å². The Morgan fingerprint density at radius 1 is 1.30 bits per heavy atom. The van der Waals surface area contributed by atoms with Gasteiger partial charge in [0.2, 0.25) is 0 Å². The first-order chi connectivity index (χ1) is 9.27. The molecule has 1 atom stereocenters. The van der Waals surface area contributed by atoms with E-state index in [0.717, 1.165) is 22.8 Å². The Bertz CT molecular complexity index is 607. The van der Waals surface area contributed by atoms with E-state index in [-0.39, 0.29) is 0 Å². The number of thiazole rings is 1. The molecular weight excluding hydrogens is 287 g/mol. The van der Waals surface area contributed by atoms with E-state index in [2.05, 4.69) is 4.98 Å². The van der Waals surface area contributed by atoms with Crippen LogP contribution in [0.1, 0.15) is 33.5 Å². The maximum absolute atomic E-state index is 12.6. The fourth-order valence-electron chi connectivity index (χ4n) is 2.04. The lowest BCUT2D eigenvalue weighted by atomic mass is 9.98. The largest absolute Gasteiger partial charge is 0.416 e. The summed E-state index contributed by atoms with van der Waals surface area (Å²) < 4.78 is 37.7. The lowest BCUT2D eigenvalue weighted by Crippen LogP contribution is -2.09. The van der Waals surface area contributed by atoms with Gasteiger partial charge in [0.1, 0.15) is 0 Å². The maximum Gasteiger partial charge on any atom is 0.416 e. The van der Waals surface area contributed by atoms with Crippen LogP contribution >= 0.6 is 11.3 Å². The number of hydrogen-bond donors (Lipinski definition) is 1. The number of aliphatic hydroxyl groups excluding tert-OH is 1. The number of rotatable bonds is 3. The van der Waals surface area contributed by atoms with Crippen molar-refractivity contribution in [1.29, 1.82) is 0 Å². The van der Waals surface area contributed by atoms with E-state index in [0.29, 0.717) is 17.5 Å². The maximum atomic E-state index is 12.6. The molecule has 0 radical (unpaired) electrons. The lowest BCUT2D eigenvalue weighted by Gasteiger charge is -2.15.